The zero-order chi connectivity index (χ0) is 14.5. The van der Waals surface area contributed by atoms with Crippen molar-refractivity contribution >= 4 is 10.1 Å². The first-order chi connectivity index (χ1) is 8.76. The van der Waals surface area contributed by atoms with Gasteiger partial charge in [-0.15, -0.1) is 0 Å². The van der Waals surface area contributed by atoms with E-state index in [-0.39, 0.29) is 18.3 Å². The SMILES string of the molecule is COCCOC1CC=C(OS(=O)(=O)C(F)(F)F)CC1. The molecular weight excluding hydrogens is 289 g/mol. The van der Waals surface area contributed by atoms with Crippen LogP contribution >= 0.6 is 0 Å². The van der Waals surface area contributed by atoms with Crippen molar-refractivity contribution in [2.45, 2.75) is 30.9 Å². The van der Waals surface area contributed by atoms with Gasteiger partial charge in [-0.3, -0.25) is 0 Å². The minimum Gasteiger partial charge on any atom is -0.382 e. The van der Waals surface area contributed by atoms with Crippen molar-refractivity contribution in [3.05, 3.63) is 11.8 Å². The van der Waals surface area contributed by atoms with Crippen molar-refractivity contribution in [3.63, 3.8) is 0 Å². The van der Waals surface area contributed by atoms with Crippen LogP contribution in [0.3, 0.4) is 0 Å². The average Bonchev–Trinajstić information content (AvgIpc) is 2.30. The number of ether oxygens (including phenoxy) is 2. The minimum absolute atomic E-state index is 0.0902. The van der Waals surface area contributed by atoms with Gasteiger partial charge in [0.1, 0.15) is 5.76 Å². The molecule has 0 saturated carbocycles. The zero-order valence-electron chi connectivity index (χ0n) is 10.3. The molecule has 1 aliphatic carbocycles. The van der Waals surface area contributed by atoms with E-state index in [1.807, 2.05) is 0 Å². The van der Waals surface area contributed by atoms with E-state index in [2.05, 4.69) is 4.18 Å². The lowest BCUT2D eigenvalue weighted by Crippen LogP contribution is -2.27. The number of halogens is 3. The fraction of sp³-hybridized carbons (Fsp3) is 0.800. The maximum absolute atomic E-state index is 12.1. The van der Waals surface area contributed by atoms with Gasteiger partial charge in [0.15, 0.2) is 0 Å². The van der Waals surface area contributed by atoms with E-state index in [4.69, 9.17) is 9.47 Å². The Kier molecular flexibility index (Phi) is 5.63. The van der Waals surface area contributed by atoms with Crippen molar-refractivity contribution in [2.24, 2.45) is 0 Å². The Morgan fingerprint density at radius 1 is 1.37 bits per heavy atom. The maximum atomic E-state index is 12.1. The molecule has 0 aliphatic heterocycles. The number of rotatable bonds is 6. The summed E-state index contributed by atoms with van der Waals surface area (Å²) in [5, 5.41) is 0. The lowest BCUT2D eigenvalue weighted by Gasteiger charge is -2.22. The van der Waals surface area contributed by atoms with Gasteiger partial charge in [0.25, 0.3) is 0 Å². The van der Waals surface area contributed by atoms with Crippen molar-refractivity contribution in [2.75, 3.05) is 20.3 Å². The van der Waals surface area contributed by atoms with Crippen LogP contribution in [0.4, 0.5) is 13.2 Å². The molecule has 0 amide bonds. The van der Waals surface area contributed by atoms with Gasteiger partial charge in [0, 0.05) is 13.5 Å². The fourth-order valence-corrected chi connectivity index (χ4v) is 2.03. The first-order valence-electron chi connectivity index (χ1n) is 5.56. The van der Waals surface area contributed by atoms with Gasteiger partial charge in [-0.25, -0.2) is 0 Å². The number of allylic oxidation sites excluding steroid dienone is 1. The largest absolute Gasteiger partial charge is 0.534 e. The first kappa shape index (κ1) is 16.3. The monoisotopic (exact) mass is 304 g/mol. The number of methoxy groups -OCH3 is 1. The Balaban J connectivity index is 2.48. The van der Waals surface area contributed by atoms with E-state index in [1.165, 1.54) is 13.2 Å². The quantitative estimate of drug-likeness (QED) is 0.426. The predicted molar refractivity (Wildman–Crippen MR) is 59.6 cm³/mol. The van der Waals surface area contributed by atoms with Crippen LogP contribution < -0.4 is 0 Å². The summed E-state index contributed by atoms with van der Waals surface area (Å²) in [5.74, 6) is -0.191. The second kappa shape index (κ2) is 6.58. The van der Waals surface area contributed by atoms with Crippen LogP contribution in [-0.4, -0.2) is 40.4 Å². The number of hydrogen-bond acceptors (Lipinski definition) is 5. The molecule has 0 aromatic carbocycles. The maximum Gasteiger partial charge on any atom is 0.534 e. The second-order valence-electron chi connectivity index (χ2n) is 3.91. The van der Waals surface area contributed by atoms with E-state index in [0.717, 1.165) is 0 Å². The lowest BCUT2D eigenvalue weighted by molar-refractivity contribution is -0.0527. The zero-order valence-corrected chi connectivity index (χ0v) is 11.1. The summed E-state index contributed by atoms with van der Waals surface area (Å²) in [6.45, 7) is 0.804. The first-order valence-corrected chi connectivity index (χ1v) is 6.97. The summed E-state index contributed by atoms with van der Waals surface area (Å²) in [4.78, 5) is 0. The highest BCUT2D eigenvalue weighted by Crippen LogP contribution is 2.30. The highest BCUT2D eigenvalue weighted by Gasteiger charge is 2.48. The molecule has 9 heteroatoms. The van der Waals surface area contributed by atoms with Crippen molar-refractivity contribution in [1.29, 1.82) is 0 Å². The highest BCUT2D eigenvalue weighted by atomic mass is 32.2. The highest BCUT2D eigenvalue weighted by molar-refractivity contribution is 7.87. The van der Waals surface area contributed by atoms with Crippen molar-refractivity contribution in [1.82, 2.24) is 0 Å². The normalized spacial score (nSPS) is 21.1. The van der Waals surface area contributed by atoms with Crippen LogP contribution in [0.1, 0.15) is 19.3 Å². The predicted octanol–water partition coefficient (Wildman–Crippen LogP) is 1.95. The molecule has 1 rings (SSSR count). The van der Waals surface area contributed by atoms with Crippen LogP contribution in [0, 0.1) is 0 Å². The molecule has 0 bridgehead atoms. The van der Waals surface area contributed by atoms with Crippen molar-refractivity contribution < 1.29 is 35.2 Å². The van der Waals surface area contributed by atoms with Gasteiger partial charge < -0.3 is 13.7 Å². The Bertz CT molecular complexity index is 415. The molecule has 0 fully saturated rings. The van der Waals surface area contributed by atoms with Crippen LogP contribution in [-0.2, 0) is 23.8 Å². The fourth-order valence-electron chi connectivity index (χ4n) is 1.50. The van der Waals surface area contributed by atoms with Crippen LogP contribution in [0.2, 0.25) is 0 Å². The van der Waals surface area contributed by atoms with E-state index in [1.54, 1.807) is 0 Å². The topological polar surface area (TPSA) is 61.8 Å². The third kappa shape index (κ3) is 5.00. The average molecular weight is 304 g/mol. The molecule has 1 atom stereocenters. The molecule has 0 aromatic heterocycles. The summed E-state index contributed by atoms with van der Waals surface area (Å²) < 4.78 is 72.0. The molecule has 0 radical (unpaired) electrons. The van der Waals surface area contributed by atoms with Crippen LogP contribution in [0.25, 0.3) is 0 Å². The van der Waals surface area contributed by atoms with Crippen molar-refractivity contribution in [3.8, 4) is 0 Å². The van der Waals surface area contributed by atoms with Gasteiger partial charge in [0.05, 0.1) is 19.3 Å². The molecule has 0 heterocycles. The Labute approximate surface area is 109 Å². The standard InChI is InChI=1S/C10H15F3O5S/c1-16-6-7-17-8-2-4-9(5-3-8)18-19(14,15)10(11,12)13/h4,8H,2-3,5-7H2,1H3. The Morgan fingerprint density at radius 3 is 2.53 bits per heavy atom. The molecule has 5 nitrogen and oxygen atoms in total. The minimum atomic E-state index is -5.56. The van der Waals surface area contributed by atoms with Crippen LogP contribution in [0.15, 0.2) is 11.8 Å². The van der Waals surface area contributed by atoms with Gasteiger partial charge >= 0.3 is 15.6 Å². The van der Waals surface area contributed by atoms with E-state index >= 15 is 0 Å². The third-order valence-corrected chi connectivity index (χ3v) is 3.46. The number of alkyl halides is 3. The smallest absolute Gasteiger partial charge is 0.382 e. The van der Waals surface area contributed by atoms with Gasteiger partial charge in [-0.2, -0.15) is 21.6 Å². The summed E-state index contributed by atoms with van der Waals surface area (Å²) in [7, 11) is -4.04. The van der Waals surface area contributed by atoms with Crippen LogP contribution in [0.5, 0.6) is 0 Å². The molecule has 1 aliphatic rings. The molecular formula is C10H15F3O5S. The second-order valence-corrected chi connectivity index (χ2v) is 5.45. The molecule has 0 saturated heterocycles. The molecule has 1 unspecified atom stereocenters. The lowest BCUT2D eigenvalue weighted by atomic mass is 10.0. The summed E-state index contributed by atoms with van der Waals surface area (Å²) >= 11 is 0. The third-order valence-electron chi connectivity index (χ3n) is 2.46. The van der Waals surface area contributed by atoms with Gasteiger partial charge in [-0.05, 0) is 18.9 Å². The van der Waals surface area contributed by atoms with Gasteiger partial charge in [-0.1, -0.05) is 0 Å². The van der Waals surface area contributed by atoms with Gasteiger partial charge in [0.2, 0.25) is 0 Å². The summed E-state index contributed by atoms with van der Waals surface area (Å²) in [6.07, 6.45) is 1.96. The van der Waals surface area contributed by atoms with E-state index < -0.39 is 15.6 Å². The summed E-state index contributed by atoms with van der Waals surface area (Å²) in [5.41, 5.74) is -5.40. The molecule has 19 heavy (non-hydrogen) atoms. The molecule has 0 N–H and O–H groups in total. The molecule has 112 valence electrons. The Hall–Kier alpha value is -0.800. The summed E-state index contributed by atoms with van der Waals surface area (Å²) in [6, 6.07) is 0. The molecule has 0 aromatic rings. The van der Waals surface area contributed by atoms with E-state index in [0.29, 0.717) is 26.1 Å². The number of hydrogen-bond donors (Lipinski definition) is 0. The molecule has 0 spiro atoms. The van der Waals surface area contributed by atoms with E-state index in [9.17, 15) is 21.6 Å². The Morgan fingerprint density at radius 2 is 2.05 bits per heavy atom.